The van der Waals surface area contributed by atoms with E-state index in [-0.39, 0.29) is 5.75 Å². The summed E-state index contributed by atoms with van der Waals surface area (Å²) in [4.78, 5) is 0. The third-order valence-electron chi connectivity index (χ3n) is 2.67. The Morgan fingerprint density at radius 3 is 2.39 bits per heavy atom. The number of anilines is 1. The lowest BCUT2D eigenvalue weighted by atomic mass is 10.1. The van der Waals surface area contributed by atoms with Crippen molar-refractivity contribution in [1.82, 2.24) is 5.32 Å². The van der Waals surface area contributed by atoms with E-state index in [2.05, 4.69) is 17.0 Å². The van der Waals surface area contributed by atoms with Crippen LogP contribution in [0.4, 0.5) is 5.69 Å². The van der Waals surface area contributed by atoms with Gasteiger partial charge in [-0.2, -0.15) is 0 Å². The average Bonchev–Trinajstić information content (AvgIpc) is 2.35. The van der Waals surface area contributed by atoms with Crippen molar-refractivity contribution < 1.29 is 8.42 Å². The van der Waals surface area contributed by atoms with Crippen LogP contribution < -0.4 is 10.0 Å². The normalized spacial score (nSPS) is 11.4. The highest BCUT2D eigenvalue weighted by molar-refractivity contribution is 7.92. The molecule has 0 unspecified atom stereocenters. The van der Waals surface area contributed by atoms with E-state index in [1.165, 1.54) is 12.0 Å². The van der Waals surface area contributed by atoms with Crippen LogP contribution >= 0.6 is 0 Å². The van der Waals surface area contributed by atoms with Crippen molar-refractivity contribution in [2.24, 2.45) is 0 Å². The fourth-order valence-electron chi connectivity index (χ4n) is 1.59. The molecule has 0 aromatic heterocycles. The van der Waals surface area contributed by atoms with Crippen molar-refractivity contribution >= 4 is 15.7 Å². The van der Waals surface area contributed by atoms with Crippen molar-refractivity contribution in [3.05, 3.63) is 29.8 Å². The van der Waals surface area contributed by atoms with Gasteiger partial charge < -0.3 is 5.32 Å². The van der Waals surface area contributed by atoms with Crippen LogP contribution in [0.2, 0.25) is 0 Å². The molecule has 0 atom stereocenters. The zero-order valence-corrected chi connectivity index (χ0v) is 11.9. The molecule has 1 rings (SSSR count). The van der Waals surface area contributed by atoms with E-state index in [1.807, 2.05) is 24.3 Å². The van der Waals surface area contributed by atoms with Crippen molar-refractivity contribution in [3.63, 3.8) is 0 Å². The van der Waals surface area contributed by atoms with Crippen LogP contribution in [-0.2, 0) is 16.4 Å². The second-order valence-electron chi connectivity index (χ2n) is 4.32. The van der Waals surface area contributed by atoms with Gasteiger partial charge in [-0.15, -0.1) is 0 Å². The Balaban J connectivity index is 2.57. The van der Waals surface area contributed by atoms with Gasteiger partial charge in [-0.1, -0.05) is 25.5 Å². The van der Waals surface area contributed by atoms with E-state index in [0.717, 1.165) is 12.8 Å². The first-order valence-electron chi connectivity index (χ1n) is 6.31. The first-order chi connectivity index (χ1) is 8.57. The summed E-state index contributed by atoms with van der Waals surface area (Å²) in [6.45, 7) is 2.61. The van der Waals surface area contributed by atoms with Crippen molar-refractivity contribution in [2.45, 2.75) is 26.2 Å². The number of benzene rings is 1. The monoisotopic (exact) mass is 270 g/mol. The van der Waals surface area contributed by atoms with Crippen molar-refractivity contribution in [2.75, 3.05) is 24.1 Å². The summed E-state index contributed by atoms with van der Waals surface area (Å²) < 4.78 is 25.9. The third kappa shape index (κ3) is 5.51. The first kappa shape index (κ1) is 15.0. The van der Waals surface area contributed by atoms with Crippen LogP contribution in [-0.4, -0.2) is 27.8 Å². The molecule has 2 N–H and O–H groups in total. The number of rotatable bonds is 8. The minimum atomic E-state index is -3.24. The van der Waals surface area contributed by atoms with Gasteiger partial charge in [0.15, 0.2) is 0 Å². The lowest BCUT2D eigenvalue weighted by Crippen LogP contribution is -2.24. The zero-order valence-electron chi connectivity index (χ0n) is 11.1. The predicted molar refractivity (Wildman–Crippen MR) is 76.4 cm³/mol. The highest BCUT2D eigenvalue weighted by Crippen LogP contribution is 2.13. The van der Waals surface area contributed by atoms with Gasteiger partial charge >= 0.3 is 0 Å². The molecule has 0 amide bonds. The van der Waals surface area contributed by atoms with Gasteiger partial charge in [0.1, 0.15) is 0 Å². The number of aryl methyl sites for hydroxylation is 1. The summed E-state index contributed by atoms with van der Waals surface area (Å²) in [6, 6.07) is 7.60. The summed E-state index contributed by atoms with van der Waals surface area (Å²) in [5.41, 5.74) is 1.88. The van der Waals surface area contributed by atoms with Gasteiger partial charge in [0.25, 0.3) is 0 Å². The molecule has 0 aliphatic heterocycles. The standard InChI is InChI=1S/C13H22N2O2S/c1-3-4-5-12-6-8-13(9-7-12)15-18(16,17)11-10-14-2/h6-9,14-15H,3-5,10-11H2,1-2H3. The molecular weight excluding hydrogens is 248 g/mol. The molecule has 1 aromatic rings. The van der Waals surface area contributed by atoms with Crippen LogP contribution in [0.3, 0.4) is 0 Å². The minimum Gasteiger partial charge on any atom is -0.319 e. The molecular formula is C13H22N2O2S. The van der Waals surface area contributed by atoms with Crippen LogP contribution in [0.1, 0.15) is 25.3 Å². The summed E-state index contributed by atoms with van der Waals surface area (Å²) in [5.74, 6) is 0.0844. The maximum absolute atomic E-state index is 11.7. The summed E-state index contributed by atoms with van der Waals surface area (Å²) in [7, 11) is -1.50. The average molecular weight is 270 g/mol. The summed E-state index contributed by atoms with van der Waals surface area (Å²) >= 11 is 0. The highest BCUT2D eigenvalue weighted by Gasteiger charge is 2.09. The Labute approximate surface area is 110 Å². The molecule has 5 heteroatoms. The van der Waals surface area contributed by atoms with Gasteiger partial charge in [-0.05, 0) is 37.6 Å². The largest absolute Gasteiger partial charge is 0.319 e. The molecule has 0 radical (unpaired) electrons. The number of hydrogen-bond donors (Lipinski definition) is 2. The van der Waals surface area contributed by atoms with E-state index in [0.29, 0.717) is 12.2 Å². The molecule has 0 saturated carbocycles. The maximum Gasteiger partial charge on any atom is 0.233 e. The Morgan fingerprint density at radius 2 is 1.83 bits per heavy atom. The molecule has 0 aliphatic rings. The summed E-state index contributed by atoms with van der Waals surface area (Å²) in [6.07, 6.45) is 3.37. The van der Waals surface area contributed by atoms with E-state index < -0.39 is 10.0 Å². The quantitative estimate of drug-likeness (QED) is 0.759. The molecule has 0 bridgehead atoms. The molecule has 0 heterocycles. The van der Waals surface area contributed by atoms with Crippen LogP contribution in [0, 0.1) is 0 Å². The Kier molecular flexibility index (Phi) is 6.15. The van der Waals surface area contributed by atoms with Gasteiger partial charge in [-0.3, -0.25) is 4.72 Å². The Hall–Kier alpha value is -1.07. The molecule has 4 nitrogen and oxygen atoms in total. The van der Waals surface area contributed by atoms with Crippen LogP contribution in [0.5, 0.6) is 0 Å². The first-order valence-corrected chi connectivity index (χ1v) is 7.96. The van der Waals surface area contributed by atoms with Gasteiger partial charge in [0.2, 0.25) is 10.0 Å². The fraction of sp³-hybridized carbons (Fsp3) is 0.538. The van der Waals surface area contributed by atoms with E-state index in [1.54, 1.807) is 7.05 Å². The SMILES string of the molecule is CCCCc1ccc(NS(=O)(=O)CCNC)cc1. The lowest BCUT2D eigenvalue weighted by Gasteiger charge is -2.08. The number of unbranched alkanes of at least 4 members (excludes halogenated alkanes) is 1. The van der Waals surface area contributed by atoms with Crippen LogP contribution in [0.25, 0.3) is 0 Å². The molecule has 0 spiro atoms. The zero-order chi connectivity index (χ0) is 13.4. The molecule has 1 aromatic carbocycles. The van der Waals surface area contributed by atoms with E-state index in [9.17, 15) is 8.42 Å². The predicted octanol–water partition coefficient (Wildman–Crippen LogP) is 1.99. The molecule has 0 fully saturated rings. The second-order valence-corrected chi connectivity index (χ2v) is 6.17. The van der Waals surface area contributed by atoms with Crippen molar-refractivity contribution in [1.29, 1.82) is 0 Å². The fourth-order valence-corrected chi connectivity index (χ4v) is 2.66. The Morgan fingerprint density at radius 1 is 1.17 bits per heavy atom. The molecule has 0 aliphatic carbocycles. The van der Waals surface area contributed by atoms with Gasteiger partial charge in [-0.25, -0.2) is 8.42 Å². The second kappa shape index (κ2) is 7.38. The number of sulfonamides is 1. The number of hydrogen-bond acceptors (Lipinski definition) is 3. The van der Waals surface area contributed by atoms with Crippen molar-refractivity contribution in [3.8, 4) is 0 Å². The smallest absolute Gasteiger partial charge is 0.233 e. The van der Waals surface area contributed by atoms with E-state index >= 15 is 0 Å². The summed E-state index contributed by atoms with van der Waals surface area (Å²) in [5, 5.41) is 2.82. The Bertz CT molecular complexity index is 441. The minimum absolute atomic E-state index is 0.0844. The lowest BCUT2D eigenvalue weighted by molar-refractivity contribution is 0.598. The van der Waals surface area contributed by atoms with Crippen LogP contribution in [0.15, 0.2) is 24.3 Å². The van der Waals surface area contributed by atoms with E-state index in [4.69, 9.17) is 0 Å². The van der Waals surface area contributed by atoms with Gasteiger partial charge in [0, 0.05) is 12.2 Å². The maximum atomic E-state index is 11.7. The topological polar surface area (TPSA) is 58.2 Å². The van der Waals surface area contributed by atoms with Gasteiger partial charge in [0.05, 0.1) is 5.75 Å². The highest BCUT2D eigenvalue weighted by atomic mass is 32.2. The molecule has 102 valence electrons. The molecule has 18 heavy (non-hydrogen) atoms. The third-order valence-corrected chi connectivity index (χ3v) is 3.96. The number of nitrogens with one attached hydrogen (secondary N) is 2. The molecule has 0 saturated heterocycles.